The number of rotatable bonds is 15. The van der Waals surface area contributed by atoms with E-state index < -0.39 is 66.4 Å². The Balaban J connectivity index is 3.61. The highest BCUT2D eigenvalue weighted by Gasteiger charge is 2.32. The fraction of sp³-hybridized carbons (Fsp3) is 0.481. The Morgan fingerprint density at radius 2 is 0.978 bits per heavy atom. The number of carbonyl (C=O) groups excluding carboxylic acids is 8. The lowest BCUT2D eigenvalue weighted by molar-refractivity contribution is -0.155. The molecule has 0 aromatic heterocycles. The Bertz CT molecular complexity index is 1310. The Labute approximate surface area is 288 Å². The lowest BCUT2D eigenvalue weighted by atomic mass is 10.1. The van der Waals surface area contributed by atoms with E-state index in [1.54, 1.807) is 0 Å². The second-order valence-corrected chi connectivity index (χ2v) is 11.6. The third-order valence-electron chi connectivity index (χ3n) is 5.45. The molecule has 0 radical (unpaired) electrons. The Morgan fingerprint density at radius 1 is 0.609 bits per heavy atom. The van der Waals surface area contributed by atoms with Crippen LogP contribution in [-0.2, 0) is 52.5 Å². The summed E-state index contributed by atoms with van der Waals surface area (Å²) in [5.74, 6) is -5.79. The fourth-order valence-electron chi connectivity index (χ4n) is 3.48. The van der Waals surface area contributed by atoms with Crippen LogP contribution >= 0.6 is 47.8 Å². The number of ether oxygens (including phenoxy) is 5. The first-order chi connectivity index (χ1) is 21.4. The van der Waals surface area contributed by atoms with Gasteiger partial charge in [0.05, 0.1) is 38.8 Å². The summed E-state index contributed by atoms with van der Waals surface area (Å²) in [6, 6.07) is 0. The van der Waals surface area contributed by atoms with Gasteiger partial charge in [-0.25, -0.2) is 0 Å². The van der Waals surface area contributed by atoms with Crippen LogP contribution < -0.4 is 15.5 Å². The predicted octanol–water partition coefficient (Wildman–Crippen LogP) is 1.95. The molecule has 16 nitrogen and oxygen atoms in total. The van der Waals surface area contributed by atoms with E-state index in [1.165, 1.54) is 7.05 Å². The highest BCUT2D eigenvalue weighted by Crippen LogP contribution is 2.44. The molecule has 2 atom stereocenters. The van der Waals surface area contributed by atoms with Gasteiger partial charge in [-0.1, -0.05) is 0 Å². The standard InChI is InChI=1S/C27H32Br3N3O13/c1-12(34)42-9-17(45-15(4)37)7-31-26(40)20-22(28)21(27(41)32-8-18(46-16(5)38)10-43-13(2)35)24(30)25(23(20)29)33(6)19(39)11-44-14(3)36/h17-18H,7-11H2,1-6H3,(H,31,40)(H,32,41). The predicted molar refractivity (Wildman–Crippen MR) is 169 cm³/mol. The van der Waals surface area contributed by atoms with Gasteiger partial charge in [0.15, 0.2) is 18.8 Å². The van der Waals surface area contributed by atoms with Crippen molar-refractivity contribution in [3.63, 3.8) is 0 Å². The summed E-state index contributed by atoms with van der Waals surface area (Å²) in [5, 5.41) is 5.07. The molecule has 19 heteroatoms. The van der Waals surface area contributed by atoms with E-state index in [2.05, 4.69) is 58.4 Å². The maximum atomic E-state index is 13.6. The molecule has 254 valence electrons. The van der Waals surface area contributed by atoms with Crippen molar-refractivity contribution in [3.05, 3.63) is 24.5 Å². The average molecular weight is 846 g/mol. The molecule has 1 aromatic carbocycles. The number of nitrogens with one attached hydrogen (secondary N) is 2. The minimum Gasteiger partial charge on any atom is -0.462 e. The summed E-state index contributed by atoms with van der Waals surface area (Å²) in [4.78, 5) is 97.9. The van der Waals surface area contributed by atoms with E-state index in [0.717, 1.165) is 39.5 Å². The topological polar surface area (TPSA) is 210 Å². The van der Waals surface area contributed by atoms with Crippen LogP contribution in [0.3, 0.4) is 0 Å². The van der Waals surface area contributed by atoms with E-state index in [4.69, 9.17) is 23.7 Å². The molecule has 0 bridgehead atoms. The van der Waals surface area contributed by atoms with Crippen molar-refractivity contribution in [2.45, 2.75) is 46.8 Å². The Morgan fingerprint density at radius 3 is 1.30 bits per heavy atom. The Kier molecular flexibility index (Phi) is 16.9. The molecule has 0 aliphatic heterocycles. The van der Waals surface area contributed by atoms with Gasteiger partial charge in [-0.2, -0.15) is 0 Å². The van der Waals surface area contributed by atoms with Crippen LogP contribution in [0.1, 0.15) is 55.3 Å². The number of amides is 3. The molecule has 0 saturated carbocycles. The van der Waals surface area contributed by atoms with Crippen molar-refractivity contribution in [1.29, 1.82) is 0 Å². The quantitative estimate of drug-likeness (QED) is 0.191. The number of benzene rings is 1. The van der Waals surface area contributed by atoms with E-state index in [1.807, 2.05) is 0 Å². The summed E-state index contributed by atoms with van der Waals surface area (Å²) in [6.07, 6.45) is -2.13. The van der Waals surface area contributed by atoms with Crippen molar-refractivity contribution in [2.24, 2.45) is 0 Å². The van der Waals surface area contributed by atoms with Crippen LogP contribution in [0.4, 0.5) is 5.69 Å². The number of halogens is 3. The molecule has 2 N–H and O–H groups in total. The average Bonchev–Trinajstić information content (AvgIpc) is 2.93. The van der Waals surface area contributed by atoms with Crippen molar-refractivity contribution in [2.75, 3.05) is 44.9 Å². The van der Waals surface area contributed by atoms with Crippen LogP contribution in [0.5, 0.6) is 0 Å². The molecule has 0 spiro atoms. The molecular weight excluding hydrogens is 814 g/mol. The largest absolute Gasteiger partial charge is 0.462 e. The highest BCUT2D eigenvalue weighted by atomic mass is 79.9. The SMILES string of the molecule is CC(=O)OCC(=O)N(C)c1c(Br)c(C(=O)NCC(COC(C)=O)OC(C)=O)c(Br)c(C(=O)NCC(COC(C)=O)OC(C)=O)c1Br. The molecular formula is C27H32Br3N3O13. The number of hydrogen-bond acceptors (Lipinski definition) is 13. The van der Waals surface area contributed by atoms with E-state index >= 15 is 0 Å². The first-order valence-corrected chi connectivity index (χ1v) is 15.5. The molecule has 0 saturated heterocycles. The first kappa shape index (κ1) is 40.4. The number of likely N-dealkylation sites (N-methyl/N-ethyl adjacent to an activating group) is 1. The van der Waals surface area contributed by atoms with E-state index in [0.29, 0.717) is 0 Å². The van der Waals surface area contributed by atoms with Crippen molar-refractivity contribution < 1.29 is 62.0 Å². The molecule has 1 aromatic rings. The monoisotopic (exact) mass is 843 g/mol. The third kappa shape index (κ3) is 13.0. The molecule has 1 rings (SSSR count). The number of nitrogens with zero attached hydrogens (tertiary/aromatic N) is 1. The van der Waals surface area contributed by atoms with Gasteiger partial charge in [0.25, 0.3) is 17.7 Å². The summed E-state index contributed by atoms with van der Waals surface area (Å²) in [5.41, 5.74) is -0.412. The summed E-state index contributed by atoms with van der Waals surface area (Å²) >= 11 is 9.93. The molecule has 0 aliphatic rings. The van der Waals surface area contributed by atoms with Gasteiger partial charge >= 0.3 is 29.8 Å². The maximum Gasteiger partial charge on any atom is 0.303 e. The lowest BCUT2D eigenvalue weighted by Crippen LogP contribution is -2.39. The zero-order chi connectivity index (χ0) is 35.3. The van der Waals surface area contributed by atoms with Gasteiger partial charge in [-0.15, -0.1) is 0 Å². The van der Waals surface area contributed by atoms with E-state index in [-0.39, 0.29) is 56.5 Å². The smallest absolute Gasteiger partial charge is 0.303 e. The van der Waals surface area contributed by atoms with Crippen LogP contribution in [0, 0.1) is 0 Å². The summed E-state index contributed by atoms with van der Waals surface area (Å²) in [7, 11) is 1.31. The normalized spacial score (nSPS) is 11.7. The lowest BCUT2D eigenvalue weighted by Gasteiger charge is -2.25. The molecule has 46 heavy (non-hydrogen) atoms. The number of anilines is 1. The minimum absolute atomic E-state index is 0.00986. The van der Waals surface area contributed by atoms with Gasteiger partial charge in [0.2, 0.25) is 0 Å². The van der Waals surface area contributed by atoms with Gasteiger partial charge < -0.3 is 39.2 Å². The molecule has 0 fully saturated rings. The second-order valence-electron chi connectivity index (χ2n) is 9.26. The van der Waals surface area contributed by atoms with Crippen molar-refractivity contribution in [1.82, 2.24) is 10.6 Å². The van der Waals surface area contributed by atoms with Gasteiger partial charge in [0, 0.05) is 46.1 Å². The molecule has 3 amide bonds. The number of hydrogen-bond donors (Lipinski definition) is 2. The van der Waals surface area contributed by atoms with Gasteiger partial charge in [-0.3, -0.25) is 38.4 Å². The van der Waals surface area contributed by atoms with Crippen molar-refractivity contribution >= 4 is 101 Å². The number of esters is 5. The van der Waals surface area contributed by atoms with E-state index in [9.17, 15) is 38.4 Å². The van der Waals surface area contributed by atoms with Crippen LogP contribution in [0.2, 0.25) is 0 Å². The third-order valence-corrected chi connectivity index (χ3v) is 7.78. The minimum atomic E-state index is -1.07. The molecule has 2 unspecified atom stereocenters. The maximum absolute atomic E-state index is 13.6. The first-order valence-electron chi connectivity index (χ1n) is 13.1. The molecule has 0 heterocycles. The number of carbonyl (C=O) groups is 8. The molecule has 0 aliphatic carbocycles. The second kappa shape index (κ2) is 19.2. The zero-order valence-corrected chi connectivity index (χ0v) is 30.3. The highest BCUT2D eigenvalue weighted by molar-refractivity contribution is 9.11. The zero-order valence-electron chi connectivity index (χ0n) is 25.6. The summed E-state index contributed by atoms with van der Waals surface area (Å²) in [6.45, 7) is 3.64. The Hall–Kier alpha value is -3.58. The van der Waals surface area contributed by atoms with Crippen LogP contribution in [0.25, 0.3) is 0 Å². The van der Waals surface area contributed by atoms with Gasteiger partial charge in [-0.05, 0) is 47.8 Å². The fourth-order valence-corrected chi connectivity index (χ4v) is 6.72. The van der Waals surface area contributed by atoms with Crippen molar-refractivity contribution in [3.8, 4) is 0 Å². The van der Waals surface area contributed by atoms with Gasteiger partial charge in [0.1, 0.15) is 13.2 Å². The summed E-state index contributed by atoms with van der Waals surface area (Å²) < 4.78 is 24.7. The van der Waals surface area contributed by atoms with Crippen LogP contribution in [-0.4, -0.2) is 99.7 Å². The van der Waals surface area contributed by atoms with Crippen LogP contribution in [0.15, 0.2) is 13.4 Å².